The molecule has 29 heavy (non-hydrogen) atoms. The number of halogens is 4. The summed E-state index contributed by atoms with van der Waals surface area (Å²) in [6.45, 7) is 0.990. The number of nitrogens with one attached hydrogen (secondary N) is 1. The number of carbonyl (C=O) groups excluding carboxylic acids is 1. The number of hydrogen-bond donors (Lipinski definition) is 1. The highest BCUT2D eigenvalue weighted by molar-refractivity contribution is 6.32. The molecule has 1 N–H and O–H groups in total. The number of alkyl halides is 2. The van der Waals surface area contributed by atoms with Crippen molar-refractivity contribution in [3.8, 4) is 5.88 Å². The van der Waals surface area contributed by atoms with E-state index in [0.29, 0.717) is 17.2 Å². The van der Waals surface area contributed by atoms with E-state index in [1.165, 1.54) is 12.3 Å². The van der Waals surface area contributed by atoms with Gasteiger partial charge in [-0.1, -0.05) is 37.0 Å². The fourth-order valence-corrected chi connectivity index (χ4v) is 4.08. The molecular weight excluding hydrogens is 427 g/mol. The Morgan fingerprint density at radius 3 is 2.76 bits per heavy atom. The number of rotatable bonds is 4. The van der Waals surface area contributed by atoms with Crippen LogP contribution in [0.1, 0.15) is 37.4 Å². The molecule has 0 aliphatic heterocycles. The number of ether oxygens (including phenoxy) is 1. The molecule has 3 heterocycles. The van der Waals surface area contributed by atoms with Crippen LogP contribution in [0.15, 0.2) is 24.5 Å². The molecule has 0 saturated carbocycles. The van der Waals surface area contributed by atoms with Crippen LogP contribution in [0.4, 0.5) is 14.5 Å². The summed E-state index contributed by atoms with van der Waals surface area (Å²) in [6, 6.07) is 2.96. The van der Waals surface area contributed by atoms with Gasteiger partial charge in [0.2, 0.25) is 11.8 Å². The molecule has 0 radical (unpaired) electrons. The average molecular weight is 442 g/mol. The molecule has 152 valence electrons. The number of nitrogens with zero attached hydrogens (tertiary/aromatic N) is 4. The molecule has 0 saturated heterocycles. The summed E-state index contributed by atoms with van der Waals surface area (Å²) in [6.07, 6.45) is 3.39. The molecule has 0 fully saturated rings. The van der Waals surface area contributed by atoms with Crippen LogP contribution >= 0.6 is 23.2 Å². The topological polar surface area (TPSA) is 81.4 Å². The summed E-state index contributed by atoms with van der Waals surface area (Å²) in [4.78, 5) is 21.0. The maximum absolute atomic E-state index is 13.0. The summed E-state index contributed by atoms with van der Waals surface area (Å²) < 4.78 is 30.5. The SMILES string of the molecule is CC1(C)CC(C(=O)Nc2cnc(OC(F)F)c(Cl)c2)c2cnc3cc(Cl)nn3c21. The smallest absolute Gasteiger partial charge is 0.388 e. The fraction of sp³-hybridized carbons (Fsp3) is 0.333. The zero-order chi connectivity index (χ0) is 20.9. The number of fused-ring (bicyclic) bond motifs is 3. The highest BCUT2D eigenvalue weighted by atomic mass is 35.5. The number of anilines is 1. The maximum atomic E-state index is 13.0. The molecule has 11 heteroatoms. The third-order valence-corrected chi connectivity index (χ3v) is 5.26. The van der Waals surface area contributed by atoms with E-state index < -0.39 is 18.4 Å². The van der Waals surface area contributed by atoms with Gasteiger partial charge in [-0.3, -0.25) is 4.79 Å². The van der Waals surface area contributed by atoms with Crippen LogP contribution in [0.25, 0.3) is 5.65 Å². The Morgan fingerprint density at radius 1 is 1.31 bits per heavy atom. The largest absolute Gasteiger partial charge is 0.415 e. The third-order valence-electron chi connectivity index (χ3n) is 4.80. The van der Waals surface area contributed by atoms with E-state index in [0.717, 1.165) is 11.3 Å². The summed E-state index contributed by atoms with van der Waals surface area (Å²) in [7, 11) is 0. The molecule has 1 atom stereocenters. The van der Waals surface area contributed by atoms with Gasteiger partial charge >= 0.3 is 6.61 Å². The van der Waals surface area contributed by atoms with E-state index in [4.69, 9.17) is 23.2 Å². The first kappa shape index (κ1) is 19.8. The minimum absolute atomic E-state index is 0.134. The van der Waals surface area contributed by atoms with Crippen LogP contribution in [0.2, 0.25) is 10.2 Å². The molecule has 1 aliphatic rings. The second-order valence-electron chi connectivity index (χ2n) is 7.32. The van der Waals surface area contributed by atoms with E-state index in [2.05, 4.69) is 25.1 Å². The van der Waals surface area contributed by atoms with Crippen molar-refractivity contribution in [1.29, 1.82) is 0 Å². The van der Waals surface area contributed by atoms with Gasteiger partial charge in [0.05, 0.1) is 23.5 Å². The van der Waals surface area contributed by atoms with E-state index >= 15 is 0 Å². The molecule has 1 unspecified atom stereocenters. The lowest BCUT2D eigenvalue weighted by Gasteiger charge is -2.19. The Morgan fingerprint density at radius 2 is 2.07 bits per heavy atom. The monoisotopic (exact) mass is 441 g/mol. The number of pyridine rings is 1. The van der Waals surface area contributed by atoms with E-state index in [-0.39, 0.29) is 22.0 Å². The van der Waals surface area contributed by atoms with Gasteiger partial charge in [0.1, 0.15) is 5.02 Å². The molecule has 3 aromatic heterocycles. The van der Waals surface area contributed by atoms with Crippen molar-refractivity contribution < 1.29 is 18.3 Å². The van der Waals surface area contributed by atoms with Gasteiger partial charge in [-0.05, 0) is 12.5 Å². The van der Waals surface area contributed by atoms with E-state index in [9.17, 15) is 13.6 Å². The Balaban J connectivity index is 1.63. The molecule has 0 spiro atoms. The van der Waals surface area contributed by atoms with E-state index in [1.807, 2.05) is 13.8 Å². The van der Waals surface area contributed by atoms with Crippen molar-refractivity contribution in [2.75, 3.05) is 5.32 Å². The van der Waals surface area contributed by atoms with Crippen molar-refractivity contribution in [1.82, 2.24) is 19.6 Å². The minimum atomic E-state index is -3.04. The summed E-state index contributed by atoms with van der Waals surface area (Å²) in [5.74, 6) is -1.19. The van der Waals surface area contributed by atoms with Gasteiger partial charge in [-0.25, -0.2) is 14.5 Å². The molecule has 0 bridgehead atoms. The Bertz CT molecular complexity index is 1120. The second-order valence-corrected chi connectivity index (χ2v) is 8.11. The lowest BCUT2D eigenvalue weighted by molar-refractivity contribution is -0.117. The standard InChI is InChI=1S/C18H15Cl2F2N5O2/c1-18(2)5-9(10-7-23-13-4-12(20)26-27(13)14(10)18)15(28)25-8-3-11(19)16(24-6-8)29-17(21)22/h3-4,6-7,9,17H,5H2,1-2H3,(H,25,28). The van der Waals surface area contributed by atoms with Gasteiger partial charge in [0, 0.05) is 23.2 Å². The molecule has 3 aromatic rings. The van der Waals surface area contributed by atoms with Crippen molar-refractivity contribution in [3.05, 3.63) is 46.0 Å². The van der Waals surface area contributed by atoms with Gasteiger partial charge in [-0.15, -0.1) is 0 Å². The Labute approximate surface area is 174 Å². The Hall–Kier alpha value is -2.52. The van der Waals surface area contributed by atoms with Crippen LogP contribution in [-0.2, 0) is 10.2 Å². The first-order valence-corrected chi connectivity index (χ1v) is 9.37. The number of carbonyl (C=O) groups is 1. The summed E-state index contributed by atoms with van der Waals surface area (Å²) >= 11 is 11.9. The first-order valence-electron chi connectivity index (χ1n) is 8.61. The third kappa shape index (κ3) is 3.60. The normalized spacial score (nSPS) is 17.6. The summed E-state index contributed by atoms with van der Waals surface area (Å²) in [5.41, 5.74) is 2.14. The quantitative estimate of drug-likeness (QED) is 0.647. The van der Waals surface area contributed by atoms with Crippen molar-refractivity contribution in [3.63, 3.8) is 0 Å². The fourth-order valence-electron chi connectivity index (χ4n) is 3.70. The van der Waals surface area contributed by atoms with Gasteiger partial charge < -0.3 is 10.1 Å². The van der Waals surface area contributed by atoms with Crippen LogP contribution < -0.4 is 10.1 Å². The molecule has 4 rings (SSSR count). The van der Waals surface area contributed by atoms with Gasteiger partial charge in [0.25, 0.3) is 0 Å². The van der Waals surface area contributed by atoms with Crippen LogP contribution in [0, 0.1) is 0 Å². The maximum Gasteiger partial charge on any atom is 0.388 e. The molecule has 0 aromatic carbocycles. The minimum Gasteiger partial charge on any atom is -0.415 e. The zero-order valence-corrected chi connectivity index (χ0v) is 16.8. The predicted molar refractivity (Wildman–Crippen MR) is 103 cm³/mol. The van der Waals surface area contributed by atoms with Crippen LogP contribution in [0.5, 0.6) is 5.88 Å². The lowest BCUT2D eigenvalue weighted by Crippen LogP contribution is -2.21. The molecule has 7 nitrogen and oxygen atoms in total. The van der Waals surface area contributed by atoms with Crippen molar-refractivity contribution in [2.45, 2.75) is 38.2 Å². The molecule has 1 aliphatic carbocycles. The number of hydrogen-bond acceptors (Lipinski definition) is 5. The van der Waals surface area contributed by atoms with Crippen LogP contribution in [-0.4, -0.2) is 32.1 Å². The number of amides is 1. The second kappa shape index (κ2) is 7.07. The highest BCUT2D eigenvalue weighted by Crippen LogP contribution is 2.46. The zero-order valence-electron chi connectivity index (χ0n) is 15.3. The summed E-state index contributed by atoms with van der Waals surface area (Å²) in [5, 5.41) is 7.20. The molecular formula is C18H15Cl2F2N5O2. The lowest BCUT2D eigenvalue weighted by atomic mass is 9.88. The molecule has 1 amide bonds. The van der Waals surface area contributed by atoms with Gasteiger partial charge in [-0.2, -0.15) is 13.9 Å². The van der Waals surface area contributed by atoms with Crippen molar-refractivity contribution >= 4 is 40.4 Å². The van der Waals surface area contributed by atoms with Crippen molar-refractivity contribution in [2.24, 2.45) is 0 Å². The average Bonchev–Trinajstić information content (AvgIpc) is 3.13. The highest BCUT2D eigenvalue weighted by Gasteiger charge is 2.43. The predicted octanol–water partition coefficient (Wildman–Crippen LogP) is 4.44. The first-order chi connectivity index (χ1) is 13.7. The van der Waals surface area contributed by atoms with E-state index in [1.54, 1.807) is 16.8 Å². The van der Waals surface area contributed by atoms with Crippen LogP contribution in [0.3, 0.4) is 0 Å². The number of aromatic nitrogens is 4. The van der Waals surface area contributed by atoms with Gasteiger partial charge in [0.15, 0.2) is 10.8 Å². The Kier molecular flexibility index (Phi) is 4.82.